The van der Waals surface area contributed by atoms with Crippen molar-refractivity contribution in [3.8, 4) is 0 Å². The number of amides is 2. The van der Waals surface area contributed by atoms with E-state index in [1.807, 2.05) is 0 Å². The van der Waals surface area contributed by atoms with Gasteiger partial charge in [-0.1, -0.05) is 0 Å². The van der Waals surface area contributed by atoms with Crippen molar-refractivity contribution in [3.63, 3.8) is 0 Å². The molecule has 0 atom stereocenters. The lowest BCUT2D eigenvalue weighted by molar-refractivity contribution is -0.197. The minimum Gasteiger partial charge on any atom is -0.463 e. The highest BCUT2D eigenvalue weighted by molar-refractivity contribution is 6.01. The minimum atomic E-state index is -0.836. The Kier molecular flexibility index (Phi) is 8.08. The molecule has 1 fully saturated rings. The first kappa shape index (κ1) is 18.1. The summed E-state index contributed by atoms with van der Waals surface area (Å²) in [5, 5.41) is 0.442. The summed E-state index contributed by atoms with van der Waals surface area (Å²) in [4.78, 5) is 49.8. The summed E-state index contributed by atoms with van der Waals surface area (Å²) in [7, 11) is 1.55. The number of carbonyl (C=O) groups is 4. The first-order valence-corrected chi connectivity index (χ1v) is 6.83. The zero-order chi connectivity index (χ0) is 16.4. The molecule has 1 heterocycles. The summed E-state index contributed by atoms with van der Waals surface area (Å²) in [5.74, 6) is -2.55. The molecule has 1 saturated heterocycles. The molecule has 0 radical (unpaired) electrons. The Morgan fingerprint density at radius 2 is 1.55 bits per heavy atom. The van der Waals surface area contributed by atoms with Crippen molar-refractivity contribution in [3.05, 3.63) is 0 Å². The van der Waals surface area contributed by atoms with Gasteiger partial charge < -0.3 is 19.0 Å². The predicted molar refractivity (Wildman–Crippen MR) is 70.1 cm³/mol. The van der Waals surface area contributed by atoms with Crippen LogP contribution in [0, 0.1) is 0 Å². The summed E-state index contributed by atoms with van der Waals surface area (Å²) >= 11 is 0. The number of rotatable bonds is 10. The number of ether oxygens (including phenoxy) is 3. The first-order valence-electron chi connectivity index (χ1n) is 6.83. The zero-order valence-corrected chi connectivity index (χ0v) is 12.4. The Bertz CT molecular complexity index is 406. The second kappa shape index (κ2) is 9.85. The number of esters is 1. The number of hydrogen-bond acceptors (Lipinski definition) is 8. The lowest BCUT2D eigenvalue weighted by Crippen LogP contribution is -2.32. The van der Waals surface area contributed by atoms with Crippen molar-refractivity contribution in [2.75, 3.05) is 33.5 Å². The number of hydroxylamine groups is 2. The highest BCUT2D eigenvalue weighted by Gasteiger charge is 2.32. The van der Waals surface area contributed by atoms with Gasteiger partial charge in [0.25, 0.3) is 11.8 Å². The van der Waals surface area contributed by atoms with Crippen molar-refractivity contribution >= 4 is 23.8 Å². The fourth-order valence-electron chi connectivity index (χ4n) is 1.54. The highest BCUT2D eigenvalue weighted by atomic mass is 16.7. The van der Waals surface area contributed by atoms with Crippen LogP contribution in [0.5, 0.6) is 0 Å². The average molecular weight is 317 g/mol. The molecule has 22 heavy (non-hydrogen) atoms. The lowest BCUT2D eigenvalue weighted by Gasteiger charge is -2.12. The zero-order valence-electron chi connectivity index (χ0n) is 12.4. The smallest absolute Gasteiger partial charge is 0.333 e. The second-order valence-electron chi connectivity index (χ2n) is 4.37. The van der Waals surface area contributed by atoms with Crippen molar-refractivity contribution in [2.45, 2.75) is 25.7 Å². The van der Waals surface area contributed by atoms with E-state index < -0.39 is 23.8 Å². The molecule has 1 aliphatic heterocycles. The molecule has 0 unspecified atom stereocenters. The van der Waals surface area contributed by atoms with E-state index in [4.69, 9.17) is 14.2 Å². The van der Waals surface area contributed by atoms with Crippen molar-refractivity contribution < 1.29 is 38.2 Å². The molecule has 0 aliphatic carbocycles. The molecule has 0 aromatic heterocycles. The van der Waals surface area contributed by atoms with Crippen LogP contribution in [0.15, 0.2) is 0 Å². The number of imide groups is 1. The SMILES string of the molecule is COCCOCCOC(=O)CCC(=O)ON1C(=O)CCC1=O. The molecule has 9 heteroatoms. The van der Waals surface area contributed by atoms with Crippen molar-refractivity contribution in [2.24, 2.45) is 0 Å². The number of carbonyl (C=O) groups excluding carboxylic acids is 4. The van der Waals surface area contributed by atoms with Gasteiger partial charge >= 0.3 is 11.9 Å². The number of methoxy groups -OCH3 is 1. The Labute approximate surface area is 127 Å². The van der Waals surface area contributed by atoms with Gasteiger partial charge in [-0.25, -0.2) is 4.79 Å². The van der Waals surface area contributed by atoms with Gasteiger partial charge in [0.2, 0.25) is 0 Å². The fourth-order valence-corrected chi connectivity index (χ4v) is 1.54. The summed E-state index contributed by atoms with van der Waals surface area (Å²) in [6.07, 6.45) is -0.429. The van der Waals surface area contributed by atoms with Gasteiger partial charge in [-0.3, -0.25) is 14.4 Å². The van der Waals surface area contributed by atoms with Crippen LogP contribution < -0.4 is 0 Å². The average Bonchev–Trinajstić information content (AvgIpc) is 2.80. The van der Waals surface area contributed by atoms with E-state index in [2.05, 4.69) is 4.84 Å². The molecule has 0 aromatic rings. The van der Waals surface area contributed by atoms with Crippen LogP contribution in [0.2, 0.25) is 0 Å². The van der Waals surface area contributed by atoms with E-state index in [1.165, 1.54) is 0 Å². The Morgan fingerprint density at radius 1 is 0.955 bits per heavy atom. The van der Waals surface area contributed by atoms with Crippen molar-refractivity contribution in [1.82, 2.24) is 5.06 Å². The van der Waals surface area contributed by atoms with Crippen LogP contribution >= 0.6 is 0 Å². The molecule has 0 bridgehead atoms. The Morgan fingerprint density at radius 3 is 2.18 bits per heavy atom. The largest absolute Gasteiger partial charge is 0.463 e. The quantitative estimate of drug-likeness (QED) is 0.304. The monoisotopic (exact) mass is 317 g/mol. The number of hydrogen-bond donors (Lipinski definition) is 0. The number of nitrogens with zero attached hydrogens (tertiary/aromatic N) is 1. The highest BCUT2D eigenvalue weighted by Crippen LogP contribution is 2.12. The molecular weight excluding hydrogens is 298 g/mol. The van der Waals surface area contributed by atoms with Crippen LogP contribution in [0.25, 0.3) is 0 Å². The first-order chi connectivity index (χ1) is 10.5. The molecular formula is C13H19NO8. The van der Waals surface area contributed by atoms with Gasteiger partial charge in [0, 0.05) is 20.0 Å². The molecule has 0 saturated carbocycles. The summed E-state index contributed by atoms with van der Waals surface area (Å²) in [5.41, 5.74) is 0. The molecule has 0 spiro atoms. The van der Waals surface area contributed by atoms with Crippen LogP contribution in [0.1, 0.15) is 25.7 Å². The van der Waals surface area contributed by atoms with E-state index in [9.17, 15) is 19.2 Å². The van der Waals surface area contributed by atoms with Gasteiger partial charge in [0.05, 0.1) is 32.7 Å². The van der Waals surface area contributed by atoms with Crippen LogP contribution in [0.3, 0.4) is 0 Å². The maximum Gasteiger partial charge on any atom is 0.333 e. The summed E-state index contributed by atoms with van der Waals surface area (Å²) < 4.78 is 14.7. The normalized spacial score (nSPS) is 14.3. The maximum absolute atomic E-state index is 11.4. The topological polar surface area (TPSA) is 108 Å². The molecule has 0 aromatic carbocycles. The molecule has 124 valence electrons. The van der Waals surface area contributed by atoms with Gasteiger partial charge in [-0.05, 0) is 0 Å². The fraction of sp³-hybridized carbons (Fsp3) is 0.692. The van der Waals surface area contributed by atoms with Gasteiger partial charge in [0.1, 0.15) is 6.61 Å². The third-order valence-electron chi connectivity index (χ3n) is 2.65. The lowest BCUT2D eigenvalue weighted by atomic mass is 10.3. The van der Waals surface area contributed by atoms with E-state index in [0.29, 0.717) is 18.3 Å². The van der Waals surface area contributed by atoms with Gasteiger partial charge in [0.15, 0.2) is 0 Å². The molecule has 1 aliphatic rings. The third kappa shape index (κ3) is 6.64. The molecule has 9 nitrogen and oxygen atoms in total. The Balaban J connectivity index is 2.09. The van der Waals surface area contributed by atoms with Crippen molar-refractivity contribution in [1.29, 1.82) is 0 Å². The van der Waals surface area contributed by atoms with Gasteiger partial charge in [-0.2, -0.15) is 0 Å². The van der Waals surface area contributed by atoms with Crippen LogP contribution in [0.4, 0.5) is 0 Å². The standard InChI is InChI=1S/C13H19NO8/c1-19-6-7-20-8-9-21-12(17)4-5-13(18)22-14-10(15)2-3-11(14)16/h2-9H2,1H3. The molecule has 0 N–H and O–H groups in total. The molecule has 1 rings (SSSR count). The van der Waals surface area contributed by atoms with E-state index >= 15 is 0 Å². The third-order valence-corrected chi connectivity index (χ3v) is 2.65. The predicted octanol–water partition coefficient (Wildman–Crippen LogP) is -0.420. The molecule has 2 amide bonds. The summed E-state index contributed by atoms with van der Waals surface area (Å²) in [6.45, 7) is 1.16. The second-order valence-corrected chi connectivity index (χ2v) is 4.37. The summed E-state index contributed by atoms with van der Waals surface area (Å²) in [6, 6.07) is 0. The van der Waals surface area contributed by atoms with Gasteiger partial charge in [-0.15, -0.1) is 5.06 Å². The van der Waals surface area contributed by atoms with E-state index in [-0.39, 0.29) is 38.9 Å². The Hall–Kier alpha value is -2.00. The van der Waals surface area contributed by atoms with E-state index in [0.717, 1.165) is 0 Å². The van der Waals surface area contributed by atoms with Crippen LogP contribution in [-0.2, 0) is 38.2 Å². The minimum absolute atomic E-state index is 0.0250. The van der Waals surface area contributed by atoms with E-state index in [1.54, 1.807) is 7.11 Å². The van der Waals surface area contributed by atoms with Crippen LogP contribution in [-0.4, -0.2) is 62.4 Å². The maximum atomic E-state index is 11.4.